The lowest BCUT2D eigenvalue weighted by molar-refractivity contribution is 0.102. The number of nitrogens with one attached hydrogen (secondary N) is 3. The van der Waals surface area contributed by atoms with Crippen LogP contribution in [0, 0.1) is 11.2 Å². The quantitative estimate of drug-likeness (QED) is 0.754. The summed E-state index contributed by atoms with van der Waals surface area (Å²) in [6, 6.07) is 5.37. The highest BCUT2D eigenvalue weighted by Crippen LogP contribution is 2.27. The Morgan fingerprint density at radius 2 is 1.95 bits per heavy atom. The average Bonchev–Trinajstić information content (AvgIpc) is 2.48. The van der Waals surface area contributed by atoms with Crippen LogP contribution in [-0.4, -0.2) is 23.7 Å². The van der Waals surface area contributed by atoms with Crippen molar-refractivity contribution in [3.05, 3.63) is 52.4 Å². The number of pyridine rings is 1. The summed E-state index contributed by atoms with van der Waals surface area (Å²) in [5, 5.41) is 13.3. The summed E-state index contributed by atoms with van der Waals surface area (Å²) >= 11 is 6.23. The summed E-state index contributed by atoms with van der Waals surface area (Å²) in [4.78, 5) is 16.4. The number of rotatable bonds is 4. The predicted molar refractivity (Wildman–Crippen MR) is 85.6 cm³/mol. The second-order valence-electron chi connectivity index (χ2n) is 4.55. The highest BCUT2D eigenvalue weighted by atomic mass is 35.5. The van der Waals surface area contributed by atoms with Crippen LogP contribution >= 0.6 is 11.6 Å². The van der Waals surface area contributed by atoms with Crippen molar-refractivity contribution in [1.82, 2.24) is 4.98 Å². The maximum Gasteiger partial charge on any atom is 0.258 e. The largest absolute Gasteiger partial charge is 0.373 e. The SMILES string of the molecule is CNc1ncc(C(=O)Nc2ccc(F)cc2)c(Cl)c1C(C)=N. The molecule has 3 N–H and O–H groups in total. The molecule has 0 fully saturated rings. The van der Waals surface area contributed by atoms with Gasteiger partial charge in [-0.2, -0.15) is 0 Å². The minimum Gasteiger partial charge on any atom is -0.373 e. The number of nitrogens with zero attached hydrogens (tertiary/aromatic N) is 1. The van der Waals surface area contributed by atoms with Crippen LogP contribution in [0.15, 0.2) is 30.5 Å². The monoisotopic (exact) mass is 320 g/mol. The number of amides is 1. The summed E-state index contributed by atoms with van der Waals surface area (Å²) in [5.74, 6) is -0.442. The molecule has 0 atom stereocenters. The molecule has 1 heterocycles. The number of carbonyl (C=O) groups is 1. The van der Waals surface area contributed by atoms with Gasteiger partial charge in [0.15, 0.2) is 0 Å². The first-order valence-corrected chi connectivity index (χ1v) is 6.80. The van der Waals surface area contributed by atoms with Crippen LogP contribution in [0.1, 0.15) is 22.8 Å². The van der Waals surface area contributed by atoms with Gasteiger partial charge in [-0.1, -0.05) is 11.6 Å². The molecule has 0 saturated carbocycles. The molecule has 0 bridgehead atoms. The summed E-state index contributed by atoms with van der Waals surface area (Å²) in [6.07, 6.45) is 1.33. The van der Waals surface area contributed by atoms with E-state index in [4.69, 9.17) is 17.0 Å². The van der Waals surface area contributed by atoms with Gasteiger partial charge in [0.1, 0.15) is 11.6 Å². The van der Waals surface area contributed by atoms with Crippen LogP contribution in [0.25, 0.3) is 0 Å². The molecule has 0 unspecified atom stereocenters. The Labute approximate surface area is 132 Å². The molecule has 0 aliphatic carbocycles. The van der Waals surface area contributed by atoms with Gasteiger partial charge in [-0.15, -0.1) is 0 Å². The third-order valence-electron chi connectivity index (χ3n) is 2.97. The second-order valence-corrected chi connectivity index (χ2v) is 4.92. The summed E-state index contributed by atoms with van der Waals surface area (Å²) in [6.45, 7) is 1.56. The molecule has 0 radical (unpaired) electrons. The lowest BCUT2D eigenvalue weighted by atomic mass is 10.1. The molecule has 0 aliphatic rings. The Bertz CT molecular complexity index is 731. The van der Waals surface area contributed by atoms with Crippen molar-refractivity contribution >= 4 is 34.7 Å². The first-order chi connectivity index (χ1) is 10.4. The van der Waals surface area contributed by atoms with Crippen LogP contribution in [0.5, 0.6) is 0 Å². The van der Waals surface area contributed by atoms with Gasteiger partial charge in [0, 0.05) is 24.6 Å². The minimum atomic E-state index is -0.478. The number of anilines is 2. The van der Waals surface area contributed by atoms with Crippen LogP contribution < -0.4 is 10.6 Å². The lowest BCUT2D eigenvalue weighted by Gasteiger charge is -2.13. The normalized spacial score (nSPS) is 10.2. The van der Waals surface area contributed by atoms with Gasteiger partial charge in [0.2, 0.25) is 0 Å². The van der Waals surface area contributed by atoms with Gasteiger partial charge >= 0.3 is 0 Å². The first kappa shape index (κ1) is 15.9. The maximum atomic E-state index is 12.9. The van der Waals surface area contributed by atoms with Crippen molar-refractivity contribution < 1.29 is 9.18 Å². The van der Waals surface area contributed by atoms with Crippen LogP contribution in [0.4, 0.5) is 15.9 Å². The number of halogens is 2. The number of benzene rings is 1. The van der Waals surface area contributed by atoms with Gasteiger partial charge in [-0.3, -0.25) is 4.79 Å². The first-order valence-electron chi connectivity index (χ1n) is 6.42. The molecule has 1 aromatic heterocycles. The van der Waals surface area contributed by atoms with Crippen molar-refractivity contribution in [3.8, 4) is 0 Å². The zero-order valence-electron chi connectivity index (χ0n) is 12.0. The fourth-order valence-corrected chi connectivity index (χ4v) is 2.28. The Balaban J connectivity index is 2.36. The number of aromatic nitrogens is 1. The highest BCUT2D eigenvalue weighted by molar-refractivity contribution is 6.38. The third kappa shape index (κ3) is 3.23. The smallest absolute Gasteiger partial charge is 0.258 e. The Morgan fingerprint density at radius 1 is 1.32 bits per heavy atom. The van der Waals surface area contributed by atoms with E-state index in [-0.39, 0.29) is 16.3 Å². The number of hydrogen-bond donors (Lipinski definition) is 3. The van der Waals surface area contributed by atoms with Crippen LogP contribution in [0.2, 0.25) is 5.02 Å². The van der Waals surface area contributed by atoms with E-state index in [9.17, 15) is 9.18 Å². The Morgan fingerprint density at radius 3 is 2.50 bits per heavy atom. The minimum absolute atomic E-state index is 0.145. The van der Waals surface area contributed by atoms with E-state index in [1.807, 2.05) is 0 Å². The molecule has 1 amide bonds. The molecule has 22 heavy (non-hydrogen) atoms. The van der Waals surface area contributed by atoms with Crippen molar-refractivity contribution in [2.75, 3.05) is 17.7 Å². The molecule has 0 saturated heterocycles. The van der Waals surface area contributed by atoms with E-state index >= 15 is 0 Å². The predicted octanol–water partition coefficient (Wildman–Crippen LogP) is 3.56. The lowest BCUT2D eigenvalue weighted by Crippen LogP contribution is -2.15. The van der Waals surface area contributed by atoms with Crippen LogP contribution in [0.3, 0.4) is 0 Å². The number of carbonyl (C=O) groups excluding carboxylic acids is 1. The van der Waals surface area contributed by atoms with Gasteiger partial charge in [-0.25, -0.2) is 9.37 Å². The van der Waals surface area contributed by atoms with Crippen molar-refractivity contribution in [2.45, 2.75) is 6.92 Å². The van der Waals surface area contributed by atoms with E-state index in [1.165, 1.54) is 30.5 Å². The third-order valence-corrected chi connectivity index (χ3v) is 3.37. The molecular weight excluding hydrogens is 307 g/mol. The van der Waals surface area contributed by atoms with E-state index in [0.29, 0.717) is 17.1 Å². The molecule has 0 aliphatic heterocycles. The molecule has 2 rings (SSSR count). The topological polar surface area (TPSA) is 77.9 Å². The molecule has 0 spiro atoms. The van der Waals surface area contributed by atoms with E-state index in [2.05, 4.69) is 15.6 Å². The van der Waals surface area contributed by atoms with E-state index < -0.39 is 11.7 Å². The fraction of sp³-hybridized carbons (Fsp3) is 0.133. The van der Waals surface area contributed by atoms with Crippen molar-refractivity contribution in [3.63, 3.8) is 0 Å². The highest BCUT2D eigenvalue weighted by Gasteiger charge is 2.19. The molecule has 1 aromatic carbocycles. The summed E-state index contributed by atoms with van der Waals surface area (Å²) < 4.78 is 12.9. The van der Waals surface area contributed by atoms with Gasteiger partial charge in [0.25, 0.3) is 5.91 Å². The van der Waals surface area contributed by atoms with Crippen LogP contribution in [-0.2, 0) is 0 Å². The Kier molecular flexibility index (Phi) is 4.72. The zero-order valence-corrected chi connectivity index (χ0v) is 12.8. The summed E-state index contributed by atoms with van der Waals surface area (Å²) in [7, 11) is 1.66. The molecule has 7 heteroatoms. The van der Waals surface area contributed by atoms with Gasteiger partial charge in [-0.05, 0) is 31.2 Å². The number of hydrogen-bond acceptors (Lipinski definition) is 4. The van der Waals surface area contributed by atoms with Gasteiger partial charge in [0.05, 0.1) is 16.1 Å². The molecule has 114 valence electrons. The van der Waals surface area contributed by atoms with Gasteiger partial charge < -0.3 is 16.0 Å². The standard InChI is InChI=1S/C15H14ClFN4O/c1-8(18)12-13(16)11(7-20-14(12)19-2)15(22)21-10-5-3-9(17)4-6-10/h3-7,18H,1-2H3,(H,19,20)(H,21,22). The maximum absolute atomic E-state index is 12.9. The molecule has 5 nitrogen and oxygen atoms in total. The molecular formula is C15H14ClFN4O. The zero-order chi connectivity index (χ0) is 16.3. The van der Waals surface area contributed by atoms with Crippen molar-refractivity contribution in [2.24, 2.45) is 0 Å². The molecule has 2 aromatic rings. The summed E-state index contributed by atoms with van der Waals surface area (Å²) in [5.41, 5.74) is 1.15. The average molecular weight is 321 g/mol. The second kappa shape index (κ2) is 6.53. The Hall–Kier alpha value is -2.47. The van der Waals surface area contributed by atoms with E-state index in [1.54, 1.807) is 14.0 Å². The van der Waals surface area contributed by atoms with E-state index in [0.717, 1.165) is 0 Å². The fourth-order valence-electron chi connectivity index (χ4n) is 1.91. The van der Waals surface area contributed by atoms with Crippen molar-refractivity contribution in [1.29, 1.82) is 5.41 Å².